The van der Waals surface area contributed by atoms with Gasteiger partial charge in [-0.05, 0) is 79.4 Å². The second-order valence-corrected chi connectivity index (χ2v) is 14.7. The van der Waals surface area contributed by atoms with Crippen LogP contribution in [0.5, 0.6) is 0 Å². The molecule has 0 bridgehead atoms. The van der Waals surface area contributed by atoms with Crippen LogP contribution in [-0.4, -0.2) is 63.9 Å². The van der Waals surface area contributed by atoms with Crippen molar-refractivity contribution in [2.75, 3.05) is 6.61 Å². The first kappa shape index (κ1) is 29.4. The average Bonchev–Trinajstić information content (AvgIpc) is 3.05. The van der Waals surface area contributed by atoms with Crippen LogP contribution in [0.2, 0.25) is 0 Å². The van der Waals surface area contributed by atoms with Gasteiger partial charge >= 0.3 is 10.4 Å². The van der Waals surface area contributed by atoms with Crippen molar-refractivity contribution in [3.8, 4) is 0 Å². The Morgan fingerprint density at radius 2 is 1.70 bits per heavy atom. The molecule has 0 amide bonds. The number of allylic oxidation sites excluding steroid dienone is 1. The van der Waals surface area contributed by atoms with Crippen molar-refractivity contribution >= 4 is 10.4 Å². The summed E-state index contributed by atoms with van der Waals surface area (Å²) in [4.78, 5) is 0. The Morgan fingerprint density at radius 3 is 2.32 bits per heavy atom. The Morgan fingerprint density at radius 1 is 1.03 bits per heavy atom. The molecule has 0 aliphatic heterocycles. The maximum atomic E-state index is 11.7. The molecule has 4 saturated carbocycles. The SMILES string of the molecule is CC(C)[C@@H](/C=C/[C@@H](C)[C@H]1C[C@H](O)[C@H]2[C@@H]3C[C@@H](O)[C@@]4(O)C[C@@H](O)CC[C@]4(C)[C@H]3CC[C@@]21C)COS(=O)(=O)O. The van der Waals surface area contributed by atoms with Crippen LogP contribution in [0.15, 0.2) is 12.2 Å². The van der Waals surface area contributed by atoms with Gasteiger partial charge in [0.25, 0.3) is 0 Å². The number of hydrogen-bond acceptors (Lipinski definition) is 7. The van der Waals surface area contributed by atoms with Crippen LogP contribution >= 0.6 is 0 Å². The van der Waals surface area contributed by atoms with Crippen molar-refractivity contribution in [2.45, 2.75) is 103 Å². The highest BCUT2D eigenvalue weighted by atomic mass is 32.3. The topological polar surface area (TPSA) is 145 Å². The van der Waals surface area contributed by atoms with Gasteiger partial charge in [0.15, 0.2) is 0 Å². The van der Waals surface area contributed by atoms with Gasteiger partial charge in [-0.3, -0.25) is 4.55 Å². The summed E-state index contributed by atoms with van der Waals surface area (Å²) in [5, 5.41) is 44.6. The van der Waals surface area contributed by atoms with Gasteiger partial charge in [0.2, 0.25) is 0 Å². The molecule has 4 rings (SSSR count). The van der Waals surface area contributed by atoms with E-state index in [-0.39, 0.29) is 59.9 Å². The van der Waals surface area contributed by atoms with Gasteiger partial charge in [-0.25, -0.2) is 4.18 Å². The zero-order chi connectivity index (χ0) is 27.6. The number of fused-ring (bicyclic) bond motifs is 5. The van der Waals surface area contributed by atoms with E-state index >= 15 is 0 Å². The number of rotatable bonds is 7. The molecule has 37 heavy (non-hydrogen) atoms. The van der Waals surface area contributed by atoms with Gasteiger partial charge < -0.3 is 20.4 Å². The highest BCUT2D eigenvalue weighted by Gasteiger charge is 2.68. The van der Waals surface area contributed by atoms with Gasteiger partial charge in [-0.1, -0.05) is 46.8 Å². The Kier molecular flexibility index (Phi) is 8.06. The van der Waals surface area contributed by atoms with Gasteiger partial charge in [0.05, 0.1) is 30.5 Å². The minimum Gasteiger partial charge on any atom is -0.393 e. The molecule has 214 valence electrons. The molecule has 8 nitrogen and oxygen atoms in total. The van der Waals surface area contributed by atoms with Crippen LogP contribution in [-0.2, 0) is 14.6 Å². The second-order valence-electron chi connectivity index (χ2n) is 13.6. The van der Waals surface area contributed by atoms with Crippen LogP contribution in [0.25, 0.3) is 0 Å². The smallest absolute Gasteiger partial charge is 0.393 e. The maximum absolute atomic E-state index is 11.7. The van der Waals surface area contributed by atoms with Crippen LogP contribution in [0.1, 0.15) is 79.6 Å². The Labute approximate surface area is 222 Å². The second kappa shape index (κ2) is 10.1. The summed E-state index contributed by atoms with van der Waals surface area (Å²) in [6.45, 7) is 10.3. The molecule has 0 saturated heterocycles. The summed E-state index contributed by atoms with van der Waals surface area (Å²) in [7, 11) is -4.50. The molecule has 12 atom stereocenters. The van der Waals surface area contributed by atoms with E-state index in [4.69, 9.17) is 4.55 Å². The summed E-state index contributed by atoms with van der Waals surface area (Å²) in [5.41, 5.74) is -1.91. The quantitative estimate of drug-likeness (QED) is 0.242. The molecule has 5 N–H and O–H groups in total. The van der Waals surface area contributed by atoms with E-state index in [1.165, 1.54) is 0 Å². The zero-order valence-electron chi connectivity index (χ0n) is 23.0. The van der Waals surface area contributed by atoms with Gasteiger partial charge in [0.1, 0.15) is 0 Å². The van der Waals surface area contributed by atoms with Crippen molar-refractivity contribution in [3.63, 3.8) is 0 Å². The molecule has 0 radical (unpaired) electrons. The van der Waals surface area contributed by atoms with Crippen molar-refractivity contribution in [1.82, 2.24) is 0 Å². The van der Waals surface area contributed by atoms with Gasteiger partial charge in [0, 0.05) is 17.8 Å². The van der Waals surface area contributed by atoms with E-state index in [1.807, 2.05) is 19.9 Å². The summed E-state index contributed by atoms with van der Waals surface area (Å²) < 4.78 is 35.7. The third kappa shape index (κ3) is 5.07. The van der Waals surface area contributed by atoms with Crippen LogP contribution in [0.3, 0.4) is 0 Å². The summed E-state index contributed by atoms with van der Waals surface area (Å²) in [6.07, 6.45) is 6.56. The lowest BCUT2D eigenvalue weighted by Crippen LogP contribution is -2.69. The normalized spacial score (nSPS) is 47.9. The minimum atomic E-state index is -4.50. The lowest BCUT2D eigenvalue weighted by Gasteiger charge is -2.65. The van der Waals surface area contributed by atoms with Gasteiger partial charge in [-0.2, -0.15) is 8.42 Å². The van der Waals surface area contributed by atoms with Crippen molar-refractivity contribution in [1.29, 1.82) is 0 Å². The van der Waals surface area contributed by atoms with E-state index in [0.29, 0.717) is 25.7 Å². The van der Waals surface area contributed by atoms with Crippen molar-refractivity contribution in [3.05, 3.63) is 12.2 Å². The van der Waals surface area contributed by atoms with Crippen LogP contribution in [0.4, 0.5) is 0 Å². The molecule has 0 unspecified atom stereocenters. The third-order valence-electron chi connectivity index (χ3n) is 11.5. The lowest BCUT2D eigenvalue weighted by molar-refractivity contribution is -0.268. The molecule has 0 aromatic rings. The molecule has 0 heterocycles. The Hall–Kier alpha value is -0.550. The van der Waals surface area contributed by atoms with Crippen LogP contribution < -0.4 is 0 Å². The fourth-order valence-corrected chi connectivity index (χ4v) is 9.61. The molecule has 0 aromatic heterocycles. The molecule has 4 aliphatic rings. The highest BCUT2D eigenvalue weighted by Crippen LogP contribution is 2.69. The monoisotopic (exact) mass is 544 g/mol. The number of hydrogen-bond donors (Lipinski definition) is 5. The first-order valence-electron chi connectivity index (χ1n) is 14.1. The van der Waals surface area contributed by atoms with E-state index < -0.39 is 39.7 Å². The average molecular weight is 545 g/mol. The standard InChI is InChI=1S/C28H48O8S/c1-16(2)18(15-36-37(33,34)35)7-6-17(3)22-13-23(30)25-20-12-24(31)28(32)14-19(29)8-11-27(28,5)21(20)9-10-26(22,25)4/h6-7,16-25,29-32H,8-15H2,1-5H3,(H,33,34,35)/b7-6+/t17-,18+,19+,20-,21+,22-,23+,24-,25-,26-,27-,28+/m1/s1. The maximum Gasteiger partial charge on any atom is 0.397 e. The fourth-order valence-electron chi connectivity index (χ4n) is 9.28. The predicted octanol–water partition coefficient (Wildman–Crippen LogP) is 3.35. The molecule has 4 aliphatic carbocycles. The van der Waals surface area contributed by atoms with Crippen LogP contribution in [0, 0.1) is 52.3 Å². The third-order valence-corrected chi connectivity index (χ3v) is 11.9. The Bertz CT molecular complexity index is 967. The van der Waals surface area contributed by atoms with Crippen molar-refractivity contribution in [2.24, 2.45) is 52.3 Å². The van der Waals surface area contributed by atoms with E-state index in [9.17, 15) is 28.8 Å². The number of aliphatic hydroxyl groups excluding tert-OH is 3. The molecule has 9 heteroatoms. The van der Waals surface area contributed by atoms with E-state index in [2.05, 4.69) is 31.0 Å². The van der Waals surface area contributed by atoms with Crippen molar-refractivity contribution < 1.29 is 37.6 Å². The molecular weight excluding hydrogens is 496 g/mol. The summed E-state index contributed by atoms with van der Waals surface area (Å²) >= 11 is 0. The van der Waals surface area contributed by atoms with E-state index in [1.54, 1.807) is 0 Å². The first-order chi connectivity index (χ1) is 17.0. The zero-order valence-corrected chi connectivity index (χ0v) is 23.8. The highest BCUT2D eigenvalue weighted by molar-refractivity contribution is 7.80. The summed E-state index contributed by atoms with van der Waals surface area (Å²) in [5.74, 6) is 0.626. The largest absolute Gasteiger partial charge is 0.397 e. The minimum absolute atomic E-state index is 0.0266. The molecular formula is C28H48O8S. The first-order valence-corrected chi connectivity index (χ1v) is 15.5. The van der Waals surface area contributed by atoms with E-state index in [0.717, 1.165) is 12.8 Å². The Balaban J connectivity index is 1.55. The fraction of sp³-hybridized carbons (Fsp3) is 0.929. The number of aliphatic hydroxyl groups is 4. The lowest BCUT2D eigenvalue weighted by atomic mass is 9.42. The summed E-state index contributed by atoms with van der Waals surface area (Å²) in [6, 6.07) is 0. The van der Waals surface area contributed by atoms with Gasteiger partial charge in [-0.15, -0.1) is 0 Å². The molecule has 0 spiro atoms. The predicted molar refractivity (Wildman–Crippen MR) is 140 cm³/mol. The molecule has 4 fully saturated rings. The molecule has 0 aromatic carbocycles.